The normalized spacial score (nSPS) is 23.5. The Morgan fingerprint density at radius 2 is 1.68 bits per heavy atom. The summed E-state index contributed by atoms with van der Waals surface area (Å²) in [6, 6.07) is 5.65. The van der Waals surface area contributed by atoms with Gasteiger partial charge >= 0.3 is 6.18 Å². The molecule has 1 nitrogen and oxygen atoms in total. The van der Waals surface area contributed by atoms with E-state index in [4.69, 9.17) is 0 Å². The van der Waals surface area contributed by atoms with Crippen LogP contribution in [0.2, 0.25) is 0 Å². The van der Waals surface area contributed by atoms with Gasteiger partial charge in [0.15, 0.2) is 0 Å². The Morgan fingerprint density at radius 1 is 1.05 bits per heavy atom. The second-order valence-corrected chi connectivity index (χ2v) is 7.77. The van der Waals surface area contributed by atoms with Crippen molar-refractivity contribution in [2.75, 3.05) is 6.54 Å². The molecule has 4 heteroatoms. The number of nitrogens with one attached hydrogen (secondary N) is 1. The third-order valence-corrected chi connectivity index (χ3v) is 4.27. The van der Waals surface area contributed by atoms with Crippen molar-refractivity contribution in [3.05, 3.63) is 35.4 Å². The predicted octanol–water partition coefficient (Wildman–Crippen LogP) is 5.20. The van der Waals surface area contributed by atoms with Crippen LogP contribution in [0.4, 0.5) is 13.2 Å². The first-order valence-corrected chi connectivity index (χ1v) is 8.01. The van der Waals surface area contributed by atoms with Crippen LogP contribution >= 0.6 is 0 Å². The highest BCUT2D eigenvalue weighted by Crippen LogP contribution is 2.36. The van der Waals surface area contributed by atoms with Gasteiger partial charge in [0.25, 0.3) is 0 Å². The Hall–Kier alpha value is -1.03. The number of hydrogen-bond acceptors (Lipinski definition) is 1. The maximum atomic E-state index is 12.7. The average molecular weight is 313 g/mol. The highest BCUT2D eigenvalue weighted by atomic mass is 19.4. The van der Waals surface area contributed by atoms with Crippen molar-refractivity contribution < 1.29 is 13.2 Å². The molecule has 124 valence electrons. The van der Waals surface area contributed by atoms with E-state index in [9.17, 15) is 13.2 Å². The molecule has 1 fully saturated rings. The Bertz CT molecular complexity index is 477. The number of halogens is 3. The van der Waals surface area contributed by atoms with Crippen molar-refractivity contribution in [3.8, 4) is 0 Å². The lowest BCUT2D eigenvalue weighted by Crippen LogP contribution is -2.52. The van der Waals surface area contributed by atoms with Crippen molar-refractivity contribution in [2.24, 2.45) is 5.41 Å². The first-order chi connectivity index (χ1) is 10.1. The maximum absolute atomic E-state index is 12.7. The van der Waals surface area contributed by atoms with Gasteiger partial charge in [-0.3, -0.25) is 0 Å². The van der Waals surface area contributed by atoms with Crippen LogP contribution in [-0.4, -0.2) is 12.1 Å². The van der Waals surface area contributed by atoms with Crippen molar-refractivity contribution in [2.45, 2.75) is 64.6 Å². The topological polar surface area (TPSA) is 12.0 Å². The first kappa shape index (κ1) is 17.3. The summed E-state index contributed by atoms with van der Waals surface area (Å²) >= 11 is 0. The van der Waals surface area contributed by atoms with Gasteiger partial charge in [0.05, 0.1) is 5.56 Å². The minimum absolute atomic E-state index is 0.0102. The van der Waals surface area contributed by atoms with Gasteiger partial charge in [-0.15, -0.1) is 0 Å². The van der Waals surface area contributed by atoms with Crippen LogP contribution < -0.4 is 5.32 Å². The minimum Gasteiger partial charge on any atom is -0.311 e. The summed E-state index contributed by atoms with van der Waals surface area (Å²) in [5.41, 5.74) is 0.608. The van der Waals surface area contributed by atoms with Crippen LogP contribution in [0.3, 0.4) is 0 Å². The van der Waals surface area contributed by atoms with Crippen LogP contribution in [-0.2, 0) is 12.6 Å². The van der Waals surface area contributed by atoms with E-state index in [1.54, 1.807) is 12.1 Å². The third-order valence-electron chi connectivity index (χ3n) is 4.27. The molecular weight excluding hydrogens is 287 g/mol. The molecule has 0 aromatic heterocycles. The fourth-order valence-corrected chi connectivity index (χ4v) is 3.61. The standard InChI is InChI=1S/C18H26F3N/c1-16(2,3)13-17(10-4-5-11-22-17)12-14-6-8-15(9-7-14)18(19,20)21/h6-9,22H,4-5,10-13H2,1-3H3. The number of benzene rings is 1. The van der Waals surface area contributed by atoms with Gasteiger partial charge in [0, 0.05) is 5.54 Å². The van der Waals surface area contributed by atoms with E-state index in [-0.39, 0.29) is 11.0 Å². The van der Waals surface area contributed by atoms with E-state index in [0.717, 1.165) is 31.4 Å². The van der Waals surface area contributed by atoms with Crippen LogP contribution in [0.15, 0.2) is 24.3 Å². The molecule has 0 radical (unpaired) electrons. The lowest BCUT2D eigenvalue weighted by Gasteiger charge is -2.43. The highest BCUT2D eigenvalue weighted by Gasteiger charge is 2.36. The summed E-state index contributed by atoms with van der Waals surface area (Å²) in [7, 11) is 0. The summed E-state index contributed by atoms with van der Waals surface area (Å²) in [5, 5.41) is 3.66. The zero-order valence-electron chi connectivity index (χ0n) is 13.7. The molecule has 1 aromatic carbocycles. The zero-order valence-corrected chi connectivity index (χ0v) is 13.7. The Balaban J connectivity index is 2.16. The molecule has 22 heavy (non-hydrogen) atoms. The summed E-state index contributed by atoms with van der Waals surface area (Å²) in [6.07, 6.45) is 1.02. The van der Waals surface area contributed by atoms with Gasteiger partial charge in [-0.05, 0) is 55.3 Å². The van der Waals surface area contributed by atoms with Gasteiger partial charge < -0.3 is 5.32 Å². The number of rotatable bonds is 3. The van der Waals surface area contributed by atoms with Crippen LogP contribution in [0, 0.1) is 5.41 Å². The Kier molecular flexibility index (Phi) is 4.90. The maximum Gasteiger partial charge on any atom is 0.416 e. The summed E-state index contributed by atoms with van der Waals surface area (Å²) in [6.45, 7) is 7.66. The smallest absolute Gasteiger partial charge is 0.311 e. The highest BCUT2D eigenvalue weighted by molar-refractivity contribution is 5.26. The Morgan fingerprint density at radius 3 is 2.14 bits per heavy atom. The third kappa shape index (κ3) is 4.73. The quantitative estimate of drug-likeness (QED) is 0.809. The van der Waals surface area contributed by atoms with Crippen molar-refractivity contribution >= 4 is 0 Å². The number of hydrogen-bond donors (Lipinski definition) is 1. The summed E-state index contributed by atoms with van der Waals surface area (Å²) in [5.74, 6) is 0. The van der Waals surface area contributed by atoms with Crippen LogP contribution in [0.1, 0.15) is 57.6 Å². The first-order valence-electron chi connectivity index (χ1n) is 8.01. The molecule has 0 amide bonds. The van der Waals surface area contributed by atoms with E-state index in [0.29, 0.717) is 0 Å². The molecule has 1 saturated heterocycles. The lowest BCUT2D eigenvalue weighted by molar-refractivity contribution is -0.137. The summed E-state index contributed by atoms with van der Waals surface area (Å²) in [4.78, 5) is 0. The van der Waals surface area contributed by atoms with Gasteiger partial charge in [-0.2, -0.15) is 13.2 Å². The molecule has 2 rings (SSSR count). The second kappa shape index (κ2) is 6.23. The summed E-state index contributed by atoms with van der Waals surface area (Å²) < 4.78 is 38.0. The minimum atomic E-state index is -4.26. The largest absolute Gasteiger partial charge is 0.416 e. The molecule has 1 aromatic rings. The van der Waals surface area contributed by atoms with Gasteiger partial charge in [-0.1, -0.05) is 39.3 Å². The van der Waals surface area contributed by atoms with Crippen molar-refractivity contribution in [1.82, 2.24) is 5.32 Å². The monoisotopic (exact) mass is 313 g/mol. The van der Waals surface area contributed by atoms with Crippen LogP contribution in [0.5, 0.6) is 0 Å². The number of alkyl halides is 3. The molecule has 1 atom stereocenters. The SMILES string of the molecule is CC(C)(C)CC1(Cc2ccc(C(F)(F)F)cc2)CCCCN1. The van der Waals surface area contributed by atoms with Crippen LogP contribution in [0.25, 0.3) is 0 Å². The van der Waals surface area contributed by atoms with Gasteiger partial charge in [-0.25, -0.2) is 0 Å². The van der Waals surface area contributed by atoms with E-state index in [1.807, 2.05) is 0 Å². The molecule has 0 spiro atoms. The fourth-order valence-electron chi connectivity index (χ4n) is 3.61. The molecule has 1 heterocycles. The molecule has 1 unspecified atom stereocenters. The molecule has 0 saturated carbocycles. The average Bonchev–Trinajstić information content (AvgIpc) is 2.37. The zero-order chi connectivity index (χ0) is 16.4. The van der Waals surface area contributed by atoms with Crippen molar-refractivity contribution in [3.63, 3.8) is 0 Å². The fraction of sp³-hybridized carbons (Fsp3) is 0.667. The predicted molar refractivity (Wildman–Crippen MR) is 83.8 cm³/mol. The molecular formula is C18H26F3N. The van der Waals surface area contributed by atoms with Gasteiger partial charge in [0.2, 0.25) is 0 Å². The molecule has 1 N–H and O–H groups in total. The van der Waals surface area contributed by atoms with Gasteiger partial charge in [0.1, 0.15) is 0 Å². The molecule has 1 aliphatic heterocycles. The number of piperidine rings is 1. The molecule has 0 bridgehead atoms. The molecule has 1 aliphatic rings. The van der Waals surface area contributed by atoms with Crippen molar-refractivity contribution in [1.29, 1.82) is 0 Å². The molecule has 0 aliphatic carbocycles. The van der Waals surface area contributed by atoms with E-state index in [2.05, 4.69) is 26.1 Å². The second-order valence-electron chi connectivity index (χ2n) is 7.77. The lowest BCUT2D eigenvalue weighted by atomic mass is 9.72. The van der Waals surface area contributed by atoms with E-state index < -0.39 is 11.7 Å². The van der Waals surface area contributed by atoms with E-state index >= 15 is 0 Å². The Labute approximate surface area is 131 Å². The van der Waals surface area contributed by atoms with E-state index in [1.165, 1.54) is 25.0 Å².